The maximum atomic E-state index is 12.5. The highest BCUT2D eigenvalue weighted by atomic mass is 16.2. The van der Waals surface area contributed by atoms with Crippen LogP contribution in [0.3, 0.4) is 0 Å². The number of amides is 1. The van der Waals surface area contributed by atoms with Crippen LogP contribution in [0.5, 0.6) is 0 Å². The number of carbonyl (C=O) groups is 1. The van der Waals surface area contributed by atoms with Crippen molar-refractivity contribution in [2.45, 2.75) is 13.5 Å². The van der Waals surface area contributed by atoms with Crippen molar-refractivity contribution in [2.75, 3.05) is 5.32 Å². The minimum Gasteiger partial charge on any atom is -0.327 e. The molecule has 134 valence electrons. The van der Waals surface area contributed by atoms with Gasteiger partial charge in [-0.3, -0.25) is 4.79 Å². The van der Waals surface area contributed by atoms with E-state index in [1.165, 1.54) is 0 Å². The molecule has 0 saturated heterocycles. The molecular formula is C20H18N6O. The molecule has 1 N–H and O–H groups in total. The second-order valence-corrected chi connectivity index (χ2v) is 6.12. The molecule has 4 rings (SSSR count). The minimum atomic E-state index is -0.163. The fourth-order valence-corrected chi connectivity index (χ4v) is 2.79. The third-order valence-corrected chi connectivity index (χ3v) is 3.99. The summed E-state index contributed by atoms with van der Waals surface area (Å²) in [5, 5.41) is 7.31. The Morgan fingerprint density at radius 3 is 2.67 bits per heavy atom. The van der Waals surface area contributed by atoms with Gasteiger partial charge < -0.3 is 9.88 Å². The molecule has 0 unspecified atom stereocenters. The number of benzene rings is 1. The van der Waals surface area contributed by atoms with Crippen LogP contribution in [0, 0.1) is 6.92 Å². The standard InChI is InChI=1S/C20H18N6O/c1-15-11-19(26(24-15)18-9-5-6-10-21-18)23-20(27)13-25-12-17(22-14-25)16-7-3-2-4-8-16/h2-12,14H,13H2,1H3,(H,23,27). The Morgan fingerprint density at radius 1 is 1.07 bits per heavy atom. The SMILES string of the molecule is Cc1cc(NC(=O)Cn2cnc(-c3ccccc3)c2)n(-c2ccccn2)n1. The van der Waals surface area contributed by atoms with Crippen molar-refractivity contribution in [2.24, 2.45) is 0 Å². The van der Waals surface area contributed by atoms with Crippen LogP contribution >= 0.6 is 0 Å². The first-order valence-electron chi connectivity index (χ1n) is 8.54. The van der Waals surface area contributed by atoms with Gasteiger partial charge >= 0.3 is 0 Å². The molecule has 0 aliphatic heterocycles. The van der Waals surface area contributed by atoms with Crippen molar-refractivity contribution in [3.05, 3.63) is 79.0 Å². The molecule has 0 bridgehead atoms. The second-order valence-electron chi connectivity index (χ2n) is 6.12. The molecule has 3 aromatic heterocycles. The van der Waals surface area contributed by atoms with Gasteiger partial charge in [-0.2, -0.15) is 9.78 Å². The van der Waals surface area contributed by atoms with Gasteiger partial charge in [-0.25, -0.2) is 9.97 Å². The Balaban J connectivity index is 1.49. The fraction of sp³-hybridized carbons (Fsp3) is 0.100. The van der Waals surface area contributed by atoms with Gasteiger partial charge in [-0.05, 0) is 19.1 Å². The lowest BCUT2D eigenvalue weighted by molar-refractivity contribution is -0.116. The number of anilines is 1. The predicted molar refractivity (Wildman–Crippen MR) is 102 cm³/mol. The van der Waals surface area contributed by atoms with E-state index < -0.39 is 0 Å². The van der Waals surface area contributed by atoms with Crippen molar-refractivity contribution < 1.29 is 4.79 Å². The number of rotatable bonds is 5. The van der Waals surface area contributed by atoms with E-state index >= 15 is 0 Å². The Kier molecular flexibility index (Phi) is 4.49. The van der Waals surface area contributed by atoms with E-state index in [9.17, 15) is 4.79 Å². The molecule has 0 radical (unpaired) electrons. The van der Waals surface area contributed by atoms with Gasteiger partial charge in [0, 0.05) is 24.0 Å². The summed E-state index contributed by atoms with van der Waals surface area (Å²) in [6.07, 6.45) is 5.20. The van der Waals surface area contributed by atoms with Gasteiger partial charge in [-0.15, -0.1) is 0 Å². The van der Waals surface area contributed by atoms with E-state index in [2.05, 4.69) is 20.4 Å². The van der Waals surface area contributed by atoms with Crippen LogP contribution in [-0.2, 0) is 11.3 Å². The number of hydrogen-bond donors (Lipinski definition) is 1. The number of pyridine rings is 1. The summed E-state index contributed by atoms with van der Waals surface area (Å²) >= 11 is 0. The lowest BCUT2D eigenvalue weighted by Crippen LogP contribution is -2.20. The van der Waals surface area contributed by atoms with Gasteiger partial charge in [0.1, 0.15) is 12.4 Å². The Morgan fingerprint density at radius 2 is 1.89 bits per heavy atom. The smallest absolute Gasteiger partial charge is 0.245 e. The maximum Gasteiger partial charge on any atom is 0.245 e. The summed E-state index contributed by atoms with van der Waals surface area (Å²) in [5.41, 5.74) is 2.64. The van der Waals surface area contributed by atoms with Crippen molar-refractivity contribution in [1.82, 2.24) is 24.3 Å². The number of nitrogens with one attached hydrogen (secondary N) is 1. The van der Waals surface area contributed by atoms with Gasteiger partial charge in [0.05, 0.1) is 17.7 Å². The van der Waals surface area contributed by atoms with E-state index in [1.54, 1.807) is 21.8 Å². The molecule has 3 heterocycles. The van der Waals surface area contributed by atoms with Crippen LogP contribution in [-0.4, -0.2) is 30.2 Å². The first-order valence-corrected chi connectivity index (χ1v) is 8.54. The monoisotopic (exact) mass is 358 g/mol. The van der Waals surface area contributed by atoms with Gasteiger partial charge in [-0.1, -0.05) is 36.4 Å². The Hall–Kier alpha value is -3.74. The Bertz CT molecular complexity index is 1050. The first-order chi connectivity index (χ1) is 13.2. The molecule has 7 heteroatoms. The van der Waals surface area contributed by atoms with Crippen LogP contribution in [0.25, 0.3) is 17.1 Å². The topological polar surface area (TPSA) is 77.6 Å². The number of nitrogens with zero attached hydrogens (tertiary/aromatic N) is 5. The fourth-order valence-electron chi connectivity index (χ4n) is 2.79. The largest absolute Gasteiger partial charge is 0.327 e. The molecule has 0 spiro atoms. The molecule has 1 aromatic carbocycles. The highest BCUT2D eigenvalue weighted by molar-refractivity contribution is 5.90. The molecular weight excluding hydrogens is 340 g/mol. The van der Waals surface area contributed by atoms with Crippen LogP contribution < -0.4 is 5.32 Å². The number of hydrogen-bond acceptors (Lipinski definition) is 4. The van der Waals surface area contributed by atoms with Crippen LogP contribution in [0.1, 0.15) is 5.69 Å². The average molecular weight is 358 g/mol. The quantitative estimate of drug-likeness (QED) is 0.595. The average Bonchev–Trinajstić information content (AvgIpc) is 3.29. The third kappa shape index (κ3) is 3.77. The molecule has 0 atom stereocenters. The second kappa shape index (κ2) is 7.25. The summed E-state index contributed by atoms with van der Waals surface area (Å²) in [4.78, 5) is 21.2. The molecule has 7 nitrogen and oxygen atoms in total. The van der Waals surface area contributed by atoms with Gasteiger partial charge in [0.15, 0.2) is 5.82 Å². The number of aryl methyl sites for hydroxylation is 1. The van der Waals surface area contributed by atoms with Crippen molar-refractivity contribution >= 4 is 11.7 Å². The highest BCUT2D eigenvalue weighted by Gasteiger charge is 2.12. The number of imidazole rings is 1. The summed E-state index contributed by atoms with van der Waals surface area (Å²) in [6, 6.07) is 17.2. The van der Waals surface area contributed by atoms with E-state index in [-0.39, 0.29) is 12.5 Å². The summed E-state index contributed by atoms with van der Waals surface area (Å²) < 4.78 is 3.38. The van der Waals surface area contributed by atoms with Crippen LogP contribution in [0.15, 0.2) is 73.3 Å². The molecule has 1 amide bonds. The molecule has 27 heavy (non-hydrogen) atoms. The zero-order valence-corrected chi connectivity index (χ0v) is 14.8. The summed E-state index contributed by atoms with van der Waals surface area (Å²) in [5.74, 6) is 1.07. The molecule has 0 saturated carbocycles. The molecule has 0 aliphatic carbocycles. The van der Waals surface area contributed by atoms with Crippen molar-refractivity contribution in [1.29, 1.82) is 0 Å². The van der Waals surface area contributed by atoms with E-state index in [0.717, 1.165) is 17.0 Å². The number of aromatic nitrogens is 5. The van der Waals surface area contributed by atoms with E-state index in [4.69, 9.17) is 0 Å². The maximum absolute atomic E-state index is 12.5. The van der Waals surface area contributed by atoms with Gasteiger partial charge in [0.2, 0.25) is 5.91 Å². The van der Waals surface area contributed by atoms with Crippen molar-refractivity contribution in [3.8, 4) is 17.1 Å². The zero-order valence-electron chi connectivity index (χ0n) is 14.8. The molecule has 4 aromatic rings. The van der Waals surface area contributed by atoms with Crippen molar-refractivity contribution in [3.63, 3.8) is 0 Å². The summed E-state index contributed by atoms with van der Waals surface area (Å²) in [7, 11) is 0. The summed E-state index contributed by atoms with van der Waals surface area (Å²) in [6.45, 7) is 2.03. The van der Waals surface area contributed by atoms with E-state index in [0.29, 0.717) is 11.6 Å². The van der Waals surface area contributed by atoms with Crippen LogP contribution in [0.2, 0.25) is 0 Å². The zero-order chi connectivity index (χ0) is 18.6. The minimum absolute atomic E-state index is 0.159. The lowest BCUT2D eigenvalue weighted by Gasteiger charge is -2.08. The van der Waals surface area contributed by atoms with Gasteiger partial charge in [0.25, 0.3) is 0 Å². The predicted octanol–water partition coefficient (Wildman–Crippen LogP) is 3.08. The first kappa shape index (κ1) is 16.7. The Labute approximate surface area is 156 Å². The van der Waals surface area contributed by atoms with E-state index in [1.807, 2.05) is 67.7 Å². The highest BCUT2D eigenvalue weighted by Crippen LogP contribution is 2.17. The number of carbonyl (C=O) groups excluding carboxylic acids is 1. The third-order valence-electron chi connectivity index (χ3n) is 3.99. The molecule has 0 aliphatic rings. The normalized spacial score (nSPS) is 10.7. The lowest BCUT2D eigenvalue weighted by atomic mass is 10.2. The van der Waals surface area contributed by atoms with Crippen LogP contribution in [0.4, 0.5) is 5.82 Å². The molecule has 0 fully saturated rings.